The van der Waals surface area contributed by atoms with Gasteiger partial charge in [-0.1, -0.05) is 6.92 Å². The lowest BCUT2D eigenvalue weighted by Gasteiger charge is -2.11. The van der Waals surface area contributed by atoms with Crippen LogP contribution in [0.4, 0.5) is 11.4 Å². The van der Waals surface area contributed by atoms with Gasteiger partial charge in [0.2, 0.25) is 0 Å². The Morgan fingerprint density at radius 1 is 1.65 bits per heavy atom. The van der Waals surface area contributed by atoms with Gasteiger partial charge in [-0.2, -0.15) is 17.0 Å². The summed E-state index contributed by atoms with van der Waals surface area (Å²) < 4.78 is 0. The zero-order chi connectivity index (χ0) is 12.8. The van der Waals surface area contributed by atoms with Crippen molar-refractivity contribution in [1.29, 1.82) is 5.26 Å². The van der Waals surface area contributed by atoms with Crippen molar-refractivity contribution >= 4 is 23.1 Å². The standard InChI is InChI=1S/C11H13N3O2S/c1-8(17-2)7-13-11-4-3-10(14(15)16)5-9(11)6-12/h3-5,8,13H,7H2,1-2H3. The summed E-state index contributed by atoms with van der Waals surface area (Å²) in [6.07, 6.45) is 2.01. The number of anilines is 1. The molecule has 0 spiro atoms. The fourth-order valence-corrected chi connectivity index (χ4v) is 1.48. The van der Waals surface area contributed by atoms with E-state index in [1.54, 1.807) is 17.8 Å². The molecule has 1 unspecified atom stereocenters. The highest BCUT2D eigenvalue weighted by Crippen LogP contribution is 2.21. The minimum absolute atomic E-state index is 0.0648. The molecule has 0 saturated carbocycles. The first kappa shape index (κ1) is 13.3. The van der Waals surface area contributed by atoms with Crippen LogP contribution in [0.15, 0.2) is 18.2 Å². The Balaban J connectivity index is 2.87. The third-order valence-corrected chi connectivity index (χ3v) is 3.29. The normalized spacial score (nSPS) is 11.6. The zero-order valence-corrected chi connectivity index (χ0v) is 10.5. The van der Waals surface area contributed by atoms with E-state index in [-0.39, 0.29) is 5.69 Å². The fourth-order valence-electron chi connectivity index (χ4n) is 1.23. The second-order valence-electron chi connectivity index (χ2n) is 3.53. The Bertz CT molecular complexity index is 457. The molecule has 0 aliphatic carbocycles. The number of rotatable bonds is 5. The van der Waals surface area contributed by atoms with Crippen LogP contribution in [0.5, 0.6) is 0 Å². The minimum atomic E-state index is -0.505. The van der Waals surface area contributed by atoms with E-state index >= 15 is 0 Å². The predicted octanol–water partition coefficient (Wildman–Crippen LogP) is 2.63. The highest BCUT2D eigenvalue weighted by Gasteiger charge is 2.10. The second-order valence-corrected chi connectivity index (χ2v) is 4.80. The fraction of sp³-hybridized carbons (Fsp3) is 0.364. The maximum absolute atomic E-state index is 10.6. The van der Waals surface area contributed by atoms with E-state index in [9.17, 15) is 10.1 Å². The van der Waals surface area contributed by atoms with Crippen molar-refractivity contribution in [3.05, 3.63) is 33.9 Å². The van der Waals surface area contributed by atoms with E-state index in [0.717, 1.165) is 0 Å². The van der Waals surface area contributed by atoms with E-state index in [4.69, 9.17) is 5.26 Å². The van der Waals surface area contributed by atoms with Crippen LogP contribution in [0.2, 0.25) is 0 Å². The van der Waals surface area contributed by atoms with E-state index in [1.165, 1.54) is 12.1 Å². The Hall–Kier alpha value is -1.74. The molecule has 0 aliphatic rings. The average molecular weight is 251 g/mol. The van der Waals surface area contributed by atoms with Gasteiger partial charge < -0.3 is 5.32 Å². The van der Waals surface area contributed by atoms with Gasteiger partial charge in [-0.15, -0.1) is 0 Å². The van der Waals surface area contributed by atoms with Crippen molar-refractivity contribution in [3.63, 3.8) is 0 Å². The maximum Gasteiger partial charge on any atom is 0.270 e. The molecule has 1 atom stereocenters. The number of non-ortho nitro benzene ring substituents is 1. The molecule has 0 amide bonds. The summed E-state index contributed by atoms with van der Waals surface area (Å²) in [6, 6.07) is 6.21. The number of nitro benzene ring substituents is 1. The molecule has 1 aromatic rings. The number of nitrogens with zero attached hydrogens (tertiary/aromatic N) is 2. The van der Waals surface area contributed by atoms with Crippen LogP contribution in [0, 0.1) is 21.4 Å². The van der Waals surface area contributed by atoms with Crippen LogP contribution >= 0.6 is 11.8 Å². The van der Waals surface area contributed by atoms with Crippen molar-refractivity contribution in [1.82, 2.24) is 0 Å². The molecule has 0 radical (unpaired) electrons. The van der Waals surface area contributed by atoms with Crippen molar-refractivity contribution < 1.29 is 4.92 Å². The first-order chi connectivity index (χ1) is 8.08. The third-order valence-electron chi connectivity index (χ3n) is 2.32. The summed E-state index contributed by atoms with van der Waals surface area (Å²) in [5.41, 5.74) is 0.872. The van der Waals surface area contributed by atoms with Gasteiger partial charge >= 0.3 is 0 Å². The van der Waals surface area contributed by atoms with Crippen LogP contribution in [0.25, 0.3) is 0 Å². The molecular weight excluding hydrogens is 238 g/mol. The maximum atomic E-state index is 10.6. The summed E-state index contributed by atoms with van der Waals surface area (Å²) in [7, 11) is 0. The van der Waals surface area contributed by atoms with Gasteiger partial charge in [0, 0.05) is 23.9 Å². The smallest absolute Gasteiger partial charge is 0.270 e. The number of thioether (sulfide) groups is 1. The SMILES string of the molecule is CSC(C)CNc1ccc([N+](=O)[O-])cc1C#N. The van der Waals surface area contributed by atoms with Crippen LogP contribution in [0.3, 0.4) is 0 Å². The van der Waals surface area contributed by atoms with Crippen molar-refractivity contribution in [2.75, 3.05) is 18.1 Å². The summed E-state index contributed by atoms with van der Waals surface area (Å²) in [5, 5.41) is 23.0. The lowest BCUT2D eigenvalue weighted by molar-refractivity contribution is -0.384. The number of benzene rings is 1. The molecule has 0 aromatic heterocycles. The van der Waals surface area contributed by atoms with E-state index in [0.29, 0.717) is 23.0 Å². The molecule has 5 nitrogen and oxygen atoms in total. The van der Waals surface area contributed by atoms with Gasteiger partial charge in [-0.3, -0.25) is 10.1 Å². The molecule has 0 fully saturated rings. The van der Waals surface area contributed by atoms with Crippen molar-refractivity contribution in [3.8, 4) is 6.07 Å². The first-order valence-corrected chi connectivity index (χ1v) is 6.32. The lowest BCUT2D eigenvalue weighted by Crippen LogP contribution is -2.13. The van der Waals surface area contributed by atoms with Gasteiger partial charge in [0.1, 0.15) is 6.07 Å². The number of nitro groups is 1. The van der Waals surface area contributed by atoms with Gasteiger partial charge in [-0.25, -0.2) is 0 Å². The molecule has 1 rings (SSSR count). The van der Waals surface area contributed by atoms with Crippen LogP contribution in [-0.2, 0) is 0 Å². The second kappa shape index (κ2) is 6.11. The molecule has 90 valence electrons. The summed E-state index contributed by atoms with van der Waals surface area (Å²) in [6.45, 7) is 2.78. The monoisotopic (exact) mass is 251 g/mol. The largest absolute Gasteiger partial charge is 0.383 e. The highest BCUT2D eigenvalue weighted by atomic mass is 32.2. The molecule has 0 aliphatic heterocycles. The van der Waals surface area contributed by atoms with Gasteiger partial charge in [0.15, 0.2) is 0 Å². The summed E-state index contributed by atoms with van der Waals surface area (Å²) >= 11 is 1.71. The molecule has 1 N–H and O–H groups in total. The molecule has 0 bridgehead atoms. The lowest BCUT2D eigenvalue weighted by atomic mass is 10.1. The average Bonchev–Trinajstić information content (AvgIpc) is 2.35. The van der Waals surface area contributed by atoms with E-state index in [2.05, 4.69) is 12.2 Å². The van der Waals surface area contributed by atoms with Gasteiger partial charge in [-0.05, 0) is 12.3 Å². The number of nitriles is 1. The minimum Gasteiger partial charge on any atom is -0.383 e. The number of hydrogen-bond acceptors (Lipinski definition) is 5. The van der Waals surface area contributed by atoms with E-state index in [1.807, 2.05) is 12.3 Å². The van der Waals surface area contributed by atoms with E-state index < -0.39 is 4.92 Å². The van der Waals surface area contributed by atoms with Gasteiger partial charge in [0.05, 0.1) is 16.2 Å². The molecule has 0 saturated heterocycles. The zero-order valence-electron chi connectivity index (χ0n) is 9.64. The molecule has 0 heterocycles. The first-order valence-electron chi connectivity index (χ1n) is 5.03. The van der Waals surface area contributed by atoms with Gasteiger partial charge in [0.25, 0.3) is 5.69 Å². The Morgan fingerprint density at radius 3 is 2.88 bits per heavy atom. The molecular formula is C11H13N3O2S. The summed E-state index contributed by atoms with van der Waals surface area (Å²) in [4.78, 5) is 10.1. The van der Waals surface area contributed by atoms with Crippen LogP contribution in [0.1, 0.15) is 12.5 Å². The van der Waals surface area contributed by atoms with Crippen molar-refractivity contribution in [2.45, 2.75) is 12.2 Å². The Kier molecular flexibility index (Phi) is 4.79. The Morgan fingerprint density at radius 2 is 2.35 bits per heavy atom. The Labute approximate surface area is 104 Å². The highest BCUT2D eigenvalue weighted by molar-refractivity contribution is 7.99. The third kappa shape index (κ3) is 3.64. The number of nitrogens with one attached hydrogen (secondary N) is 1. The quantitative estimate of drug-likeness (QED) is 0.642. The number of hydrogen-bond donors (Lipinski definition) is 1. The summed E-state index contributed by atoms with van der Waals surface area (Å²) in [5.74, 6) is 0. The van der Waals surface area contributed by atoms with Crippen molar-refractivity contribution in [2.24, 2.45) is 0 Å². The topological polar surface area (TPSA) is 79.0 Å². The van der Waals surface area contributed by atoms with Crippen LogP contribution in [-0.4, -0.2) is 23.0 Å². The van der Waals surface area contributed by atoms with Crippen LogP contribution < -0.4 is 5.32 Å². The molecule has 6 heteroatoms. The molecule has 17 heavy (non-hydrogen) atoms. The molecule has 1 aromatic carbocycles. The predicted molar refractivity (Wildman–Crippen MR) is 69.3 cm³/mol.